The normalized spacial score (nSPS) is 11.7. The van der Waals surface area contributed by atoms with Crippen LogP contribution < -0.4 is 0 Å². The van der Waals surface area contributed by atoms with Crippen molar-refractivity contribution in [2.75, 3.05) is 0 Å². The van der Waals surface area contributed by atoms with Gasteiger partial charge in [0.05, 0.1) is 12.7 Å². The number of Topliss-reactive ketones (excluding diaryl/α,β-unsaturated/α-hetero) is 1. The molecule has 2 aromatic rings. The predicted molar refractivity (Wildman–Crippen MR) is 65.7 cm³/mol. The van der Waals surface area contributed by atoms with Crippen molar-refractivity contribution in [2.45, 2.75) is 19.6 Å². The summed E-state index contributed by atoms with van der Waals surface area (Å²) in [4.78, 5) is 11.0. The molecule has 20 heavy (non-hydrogen) atoms. The lowest BCUT2D eigenvalue weighted by Gasteiger charge is -2.04. The highest BCUT2D eigenvalue weighted by Gasteiger charge is 2.41. The van der Waals surface area contributed by atoms with Gasteiger partial charge in [0, 0.05) is 5.02 Å². The molecule has 0 radical (unpaired) electrons. The van der Waals surface area contributed by atoms with Crippen LogP contribution in [0.4, 0.5) is 13.2 Å². The Morgan fingerprint density at radius 2 is 2.10 bits per heavy atom. The lowest BCUT2D eigenvalue weighted by molar-refractivity contribution is -0.0888. The van der Waals surface area contributed by atoms with Crippen LogP contribution in [0, 0.1) is 6.92 Å². The molecule has 0 amide bonds. The van der Waals surface area contributed by atoms with Crippen molar-refractivity contribution < 1.29 is 18.0 Å². The van der Waals surface area contributed by atoms with E-state index in [2.05, 4.69) is 10.3 Å². The molecule has 0 aliphatic rings. The standard InChI is InChI=1S/C12H9ClF3N3O/c1-7-2-3-8(9(13)4-7)5-19-6-10(17-18-19)11(20)12(14,15)16/h2-4,6H,5H2,1H3. The highest BCUT2D eigenvalue weighted by molar-refractivity contribution is 6.31. The van der Waals surface area contributed by atoms with Crippen LogP contribution in [-0.2, 0) is 6.54 Å². The molecule has 0 aliphatic heterocycles. The second-order valence-corrected chi connectivity index (χ2v) is 4.63. The minimum absolute atomic E-state index is 0.136. The maximum atomic E-state index is 12.2. The van der Waals surface area contributed by atoms with Gasteiger partial charge in [-0.15, -0.1) is 5.10 Å². The van der Waals surface area contributed by atoms with Crippen LogP contribution >= 0.6 is 11.6 Å². The predicted octanol–water partition coefficient (Wildman–Crippen LogP) is 3.03. The van der Waals surface area contributed by atoms with Gasteiger partial charge in [0.2, 0.25) is 0 Å². The molecule has 0 fully saturated rings. The van der Waals surface area contributed by atoms with Crippen LogP contribution in [0.25, 0.3) is 0 Å². The monoisotopic (exact) mass is 303 g/mol. The third-order valence-electron chi connectivity index (χ3n) is 2.57. The second-order valence-electron chi connectivity index (χ2n) is 4.22. The van der Waals surface area contributed by atoms with Crippen LogP contribution in [0.2, 0.25) is 5.02 Å². The van der Waals surface area contributed by atoms with Crippen molar-refractivity contribution in [1.82, 2.24) is 15.0 Å². The Balaban J connectivity index is 2.20. The molecule has 4 nitrogen and oxygen atoms in total. The number of hydrogen-bond donors (Lipinski definition) is 0. The molecule has 8 heteroatoms. The summed E-state index contributed by atoms with van der Waals surface area (Å²) in [7, 11) is 0. The largest absolute Gasteiger partial charge is 0.456 e. The van der Waals surface area contributed by atoms with Gasteiger partial charge in [-0.2, -0.15) is 13.2 Å². The summed E-state index contributed by atoms with van der Waals surface area (Å²) in [6.07, 6.45) is -4.01. The molecule has 0 spiro atoms. The van der Waals surface area contributed by atoms with Gasteiger partial charge in [-0.05, 0) is 24.1 Å². The van der Waals surface area contributed by atoms with E-state index in [0.717, 1.165) is 16.4 Å². The number of alkyl halides is 3. The van der Waals surface area contributed by atoms with Crippen molar-refractivity contribution in [3.8, 4) is 0 Å². The first-order valence-corrected chi connectivity index (χ1v) is 5.92. The zero-order valence-corrected chi connectivity index (χ0v) is 11.0. The molecule has 0 bridgehead atoms. The van der Waals surface area contributed by atoms with E-state index in [1.54, 1.807) is 12.1 Å². The Kier molecular flexibility index (Phi) is 3.80. The van der Waals surface area contributed by atoms with Gasteiger partial charge in [-0.3, -0.25) is 4.79 Å². The van der Waals surface area contributed by atoms with E-state index in [0.29, 0.717) is 10.6 Å². The summed E-state index contributed by atoms with van der Waals surface area (Å²) in [6, 6.07) is 5.29. The summed E-state index contributed by atoms with van der Waals surface area (Å²) < 4.78 is 37.8. The van der Waals surface area contributed by atoms with Crippen LogP contribution in [-0.4, -0.2) is 27.0 Å². The van der Waals surface area contributed by atoms with Crippen LogP contribution in [0.5, 0.6) is 0 Å². The Morgan fingerprint density at radius 3 is 2.70 bits per heavy atom. The van der Waals surface area contributed by atoms with Gasteiger partial charge in [-0.1, -0.05) is 28.9 Å². The molecule has 0 aliphatic carbocycles. The number of rotatable bonds is 3. The van der Waals surface area contributed by atoms with Gasteiger partial charge < -0.3 is 0 Å². The number of nitrogens with zero attached hydrogens (tertiary/aromatic N) is 3. The van der Waals surface area contributed by atoms with Gasteiger partial charge in [-0.25, -0.2) is 4.68 Å². The maximum absolute atomic E-state index is 12.2. The number of aryl methyl sites for hydroxylation is 1. The van der Waals surface area contributed by atoms with Crippen LogP contribution in [0.15, 0.2) is 24.4 Å². The lowest BCUT2D eigenvalue weighted by Crippen LogP contribution is -2.23. The lowest BCUT2D eigenvalue weighted by atomic mass is 10.1. The topological polar surface area (TPSA) is 47.8 Å². The van der Waals surface area contributed by atoms with E-state index in [1.807, 2.05) is 13.0 Å². The third-order valence-corrected chi connectivity index (χ3v) is 2.92. The molecule has 1 aromatic carbocycles. The Labute approximate surface area is 117 Å². The summed E-state index contributed by atoms with van der Waals surface area (Å²) >= 11 is 6.01. The first-order chi connectivity index (χ1) is 9.27. The van der Waals surface area contributed by atoms with Crippen molar-refractivity contribution >= 4 is 17.4 Å². The Bertz CT molecular complexity index is 652. The number of carbonyl (C=O) groups excluding carboxylic acids is 1. The highest BCUT2D eigenvalue weighted by atomic mass is 35.5. The number of benzene rings is 1. The minimum atomic E-state index is -4.96. The van der Waals surface area contributed by atoms with Crippen molar-refractivity contribution in [1.29, 1.82) is 0 Å². The summed E-state index contributed by atoms with van der Waals surface area (Å²) in [5, 5.41) is 7.20. The third kappa shape index (κ3) is 3.16. The molecule has 1 aromatic heterocycles. The quantitative estimate of drug-likeness (QED) is 0.819. The van der Waals surface area contributed by atoms with Crippen LogP contribution in [0.1, 0.15) is 21.6 Å². The van der Waals surface area contributed by atoms with Gasteiger partial charge in [0.25, 0.3) is 5.78 Å². The summed E-state index contributed by atoms with van der Waals surface area (Å²) in [6.45, 7) is 2.00. The molecule has 2 rings (SSSR count). The fourth-order valence-electron chi connectivity index (χ4n) is 1.58. The van der Waals surface area contributed by atoms with Gasteiger partial charge >= 0.3 is 6.18 Å². The first kappa shape index (κ1) is 14.5. The molecule has 106 valence electrons. The minimum Gasteiger partial charge on any atom is -0.282 e. The highest BCUT2D eigenvalue weighted by Crippen LogP contribution is 2.21. The molecule has 0 saturated heterocycles. The smallest absolute Gasteiger partial charge is 0.282 e. The number of hydrogen-bond acceptors (Lipinski definition) is 3. The van der Waals surface area contributed by atoms with Crippen LogP contribution in [0.3, 0.4) is 0 Å². The maximum Gasteiger partial charge on any atom is 0.456 e. The zero-order valence-electron chi connectivity index (χ0n) is 10.3. The molecule has 0 unspecified atom stereocenters. The number of carbonyl (C=O) groups is 1. The number of halogens is 4. The van der Waals surface area contributed by atoms with E-state index in [9.17, 15) is 18.0 Å². The number of aromatic nitrogens is 3. The van der Waals surface area contributed by atoms with E-state index in [1.165, 1.54) is 0 Å². The molecule has 0 atom stereocenters. The fraction of sp³-hybridized carbons (Fsp3) is 0.250. The average Bonchev–Trinajstić information content (AvgIpc) is 2.79. The summed E-state index contributed by atoms with van der Waals surface area (Å²) in [5.74, 6) is -2.02. The molecule has 1 heterocycles. The molecular weight excluding hydrogens is 295 g/mol. The summed E-state index contributed by atoms with van der Waals surface area (Å²) in [5.41, 5.74) is 0.902. The average molecular weight is 304 g/mol. The second kappa shape index (κ2) is 5.24. The van der Waals surface area contributed by atoms with Crippen molar-refractivity contribution in [3.05, 3.63) is 46.2 Å². The van der Waals surface area contributed by atoms with Crippen molar-refractivity contribution in [3.63, 3.8) is 0 Å². The molecule has 0 N–H and O–H groups in total. The van der Waals surface area contributed by atoms with E-state index in [-0.39, 0.29) is 6.54 Å². The fourth-order valence-corrected chi connectivity index (χ4v) is 1.87. The molecular formula is C12H9ClF3N3O. The van der Waals surface area contributed by atoms with E-state index < -0.39 is 17.7 Å². The Morgan fingerprint density at radius 1 is 1.40 bits per heavy atom. The SMILES string of the molecule is Cc1ccc(Cn2cc(C(=O)C(F)(F)F)nn2)c(Cl)c1. The van der Waals surface area contributed by atoms with E-state index >= 15 is 0 Å². The number of ketones is 1. The molecule has 0 saturated carbocycles. The first-order valence-electron chi connectivity index (χ1n) is 5.54. The zero-order chi connectivity index (χ0) is 14.9. The van der Waals surface area contributed by atoms with E-state index in [4.69, 9.17) is 11.6 Å². The van der Waals surface area contributed by atoms with Gasteiger partial charge in [0.15, 0.2) is 5.69 Å². The Hall–Kier alpha value is -1.89. The van der Waals surface area contributed by atoms with Gasteiger partial charge in [0.1, 0.15) is 0 Å². The van der Waals surface area contributed by atoms with Crippen molar-refractivity contribution in [2.24, 2.45) is 0 Å².